The summed E-state index contributed by atoms with van der Waals surface area (Å²) < 4.78 is 0. The summed E-state index contributed by atoms with van der Waals surface area (Å²) in [5.41, 5.74) is 0.736. The first-order valence-electron chi connectivity index (χ1n) is 8.17. The third kappa shape index (κ3) is 1.92. The second-order valence-electron chi connectivity index (χ2n) is 7.94. The van der Waals surface area contributed by atoms with Crippen molar-refractivity contribution in [2.45, 2.75) is 51.5 Å². The molecule has 4 saturated carbocycles. The van der Waals surface area contributed by atoms with E-state index in [9.17, 15) is 0 Å². The van der Waals surface area contributed by atoms with Gasteiger partial charge in [-0.05, 0) is 68.6 Å². The van der Waals surface area contributed by atoms with Crippen LogP contribution in [-0.2, 0) is 0 Å². The maximum Gasteiger partial charge on any atom is 0.0193 e. The molecule has 0 aromatic heterocycles. The van der Waals surface area contributed by atoms with Gasteiger partial charge < -0.3 is 5.32 Å². The van der Waals surface area contributed by atoms with Gasteiger partial charge in [0, 0.05) is 32.2 Å². The van der Waals surface area contributed by atoms with E-state index in [1.54, 1.807) is 38.5 Å². The van der Waals surface area contributed by atoms with Gasteiger partial charge in [-0.1, -0.05) is 0 Å². The third-order valence-electron chi connectivity index (χ3n) is 6.34. The summed E-state index contributed by atoms with van der Waals surface area (Å²) in [7, 11) is 0. The lowest BCUT2D eigenvalue weighted by Crippen LogP contribution is -2.57. The molecular formula is C16H28N2. The summed E-state index contributed by atoms with van der Waals surface area (Å²) in [6.07, 6.45) is 9.43. The summed E-state index contributed by atoms with van der Waals surface area (Å²) >= 11 is 0. The second-order valence-corrected chi connectivity index (χ2v) is 7.94. The van der Waals surface area contributed by atoms with Crippen LogP contribution in [0.25, 0.3) is 0 Å². The Morgan fingerprint density at radius 3 is 2.22 bits per heavy atom. The number of hydrogen-bond donors (Lipinski definition) is 1. The highest BCUT2D eigenvalue weighted by molar-refractivity contribution is 5.03. The van der Waals surface area contributed by atoms with Gasteiger partial charge in [0.05, 0.1) is 0 Å². The van der Waals surface area contributed by atoms with Crippen LogP contribution in [0.3, 0.4) is 0 Å². The average molecular weight is 248 g/mol. The molecule has 0 radical (unpaired) electrons. The van der Waals surface area contributed by atoms with Crippen molar-refractivity contribution in [1.82, 2.24) is 10.2 Å². The molecule has 102 valence electrons. The summed E-state index contributed by atoms with van der Waals surface area (Å²) in [5.74, 6) is 3.32. The van der Waals surface area contributed by atoms with Gasteiger partial charge in [-0.3, -0.25) is 4.90 Å². The summed E-state index contributed by atoms with van der Waals surface area (Å²) in [5, 5.41) is 3.53. The lowest BCUT2D eigenvalue weighted by Gasteiger charge is -2.58. The Hall–Kier alpha value is -0.0800. The SMILES string of the molecule is C[C@H]1CNCCN1CC12CC3CC(CC(C3)C1)C2. The minimum Gasteiger partial charge on any atom is -0.314 e. The maximum atomic E-state index is 3.53. The van der Waals surface area contributed by atoms with E-state index in [1.165, 1.54) is 26.2 Å². The molecule has 2 nitrogen and oxygen atoms in total. The van der Waals surface area contributed by atoms with Gasteiger partial charge in [0.15, 0.2) is 0 Å². The molecule has 4 aliphatic carbocycles. The molecule has 1 aliphatic heterocycles. The highest BCUT2D eigenvalue weighted by Gasteiger charge is 2.51. The Bertz CT molecular complexity index is 290. The van der Waals surface area contributed by atoms with E-state index < -0.39 is 0 Å². The fourth-order valence-corrected chi connectivity index (χ4v) is 6.03. The molecule has 18 heavy (non-hydrogen) atoms. The first-order valence-corrected chi connectivity index (χ1v) is 8.17. The molecule has 5 rings (SSSR count). The van der Waals surface area contributed by atoms with Gasteiger partial charge in [-0.15, -0.1) is 0 Å². The molecular weight excluding hydrogens is 220 g/mol. The van der Waals surface area contributed by atoms with E-state index in [0.29, 0.717) is 0 Å². The fourth-order valence-electron chi connectivity index (χ4n) is 6.03. The molecule has 0 unspecified atom stereocenters. The van der Waals surface area contributed by atoms with Crippen molar-refractivity contribution in [2.24, 2.45) is 23.2 Å². The third-order valence-corrected chi connectivity index (χ3v) is 6.34. The predicted octanol–water partition coefficient (Wildman–Crippen LogP) is 2.50. The fraction of sp³-hybridized carbons (Fsp3) is 1.00. The van der Waals surface area contributed by atoms with Gasteiger partial charge in [-0.25, -0.2) is 0 Å². The first-order chi connectivity index (χ1) is 8.72. The molecule has 5 fully saturated rings. The van der Waals surface area contributed by atoms with Crippen molar-refractivity contribution in [1.29, 1.82) is 0 Å². The lowest BCUT2D eigenvalue weighted by molar-refractivity contribution is -0.0754. The number of nitrogens with one attached hydrogen (secondary N) is 1. The average Bonchev–Trinajstić information content (AvgIpc) is 2.30. The summed E-state index contributed by atoms with van der Waals surface area (Å²) in [4.78, 5) is 2.80. The number of piperazine rings is 1. The van der Waals surface area contributed by atoms with E-state index in [-0.39, 0.29) is 0 Å². The van der Waals surface area contributed by atoms with E-state index in [1.807, 2.05) is 0 Å². The molecule has 1 saturated heterocycles. The van der Waals surface area contributed by atoms with Gasteiger partial charge in [-0.2, -0.15) is 0 Å². The van der Waals surface area contributed by atoms with Crippen molar-refractivity contribution in [2.75, 3.05) is 26.2 Å². The van der Waals surface area contributed by atoms with Crippen LogP contribution in [0.15, 0.2) is 0 Å². The topological polar surface area (TPSA) is 15.3 Å². The van der Waals surface area contributed by atoms with Crippen LogP contribution in [0.2, 0.25) is 0 Å². The highest BCUT2D eigenvalue weighted by atomic mass is 15.2. The van der Waals surface area contributed by atoms with E-state index in [2.05, 4.69) is 17.1 Å². The molecule has 5 aliphatic rings. The second kappa shape index (κ2) is 4.21. The van der Waals surface area contributed by atoms with Crippen molar-refractivity contribution >= 4 is 0 Å². The first kappa shape index (κ1) is 11.7. The number of hydrogen-bond acceptors (Lipinski definition) is 2. The molecule has 2 heteroatoms. The van der Waals surface area contributed by atoms with Crippen LogP contribution in [0.5, 0.6) is 0 Å². The molecule has 0 spiro atoms. The summed E-state index contributed by atoms with van der Waals surface area (Å²) in [6, 6.07) is 0.756. The zero-order valence-corrected chi connectivity index (χ0v) is 11.8. The molecule has 0 aromatic carbocycles. The van der Waals surface area contributed by atoms with Crippen molar-refractivity contribution in [3.05, 3.63) is 0 Å². The minimum absolute atomic E-state index is 0.736. The lowest BCUT2D eigenvalue weighted by atomic mass is 9.49. The Morgan fingerprint density at radius 2 is 1.67 bits per heavy atom. The minimum atomic E-state index is 0.736. The van der Waals surface area contributed by atoms with Crippen LogP contribution in [0.1, 0.15) is 45.4 Å². The molecule has 1 N–H and O–H groups in total. The van der Waals surface area contributed by atoms with Crippen LogP contribution in [-0.4, -0.2) is 37.1 Å². The largest absolute Gasteiger partial charge is 0.314 e. The molecule has 0 amide bonds. The summed E-state index contributed by atoms with van der Waals surface area (Å²) in [6.45, 7) is 7.51. The van der Waals surface area contributed by atoms with E-state index in [4.69, 9.17) is 0 Å². The van der Waals surface area contributed by atoms with Crippen LogP contribution < -0.4 is 5.32 Å². The Morgan fingerprint density at radius 1 is 1.06 bits per heavy atom. The zero-order chi connectivity index (χ0) is 12.2. The van der Waals surface area contributed by atoms with E-state index in [0.717, 1.165) is 29.2 Å². The normalized spacial score (nSPS) is 51.8. The number of rotatable bonds is 2. The zero-order valence-electron chi connectivity index (χ0n) is 11.8. The van der Waals surface area contributed by atoms with Gasteiger partial charge in [0.25, 0.3) is 0 Å². The van der Waals surface area contributed by atoms with Crippen molar-refractivity contribution in [3.63, 3.8) is 0 Å². The highest BCUT2D eigenvalue weighted by Crippen LogP contribution is 2.60. The van der Waals surface area contributed by atoms with Crippen LogP contribution in [0, 0.1) is 23.2 Å². The van der Waals surface area contributed by atoms with Gasteiger partial charge >= 0.3 is 0 Å². The van der Waals surface area contributed by atoms with Gasteiger partial charge in [0.1, 0.15) is 0 Å². The Kier molecular flexibility index (Phi) is 2.74. The van der Waals surface area contributed by atoms with Gasteiger partial charge in [0.2, 0.25) is 0 Å². The standard InChI is InChI=1S/C16H28N2/c1-12-10-17-2-3-18(12)11-16-7-13-4-14(8-16)6-15(5-13)9-16/h12-15,17H,2-11H2,1H3/t12-,13?,14?,15?,16?/m0/s1. The Balaban J connectivity index is 1.50. The van der Waals surface area contributed by atoms with Crippen LogP contribution in [0.4, 0.5) is 0 Å². The number of nitrogens with zero attached hydrogens (tertiary/aromatic N) is 1. The maximum absolute atomic E-state index is 3.53. The Labute approximate surface area is 111 Å². The predicted molar refractivity (Wildman–Crippen MR) is 74.5 cm³/mol. The van der Waals surface area contributed by atoms with Crippen molar-refractivity contribution in [3.8, 4) is 0 Å². The van der Waals surface area contributed by atoms with Crippen LogP contribution >= 0.6 is 0 Å². The van der Waals surface area contributed by atoms with Crippen molar-refractivity contribution < 1.29 is 0 Å². The monoisotopic (exact) mass is 248 g/mol. The quantitative estimate of drug-likeness (QED) is 0.808. The molecule has 1 heterocycles. The van der Waals surface area contributed by atoms with E-state index >= 15 is 0 Å². The molecule has 4 bridgehead atoms. The molecule has 1 atom stereocenters. The molecule has 0 aromatic rings. The smallest absolute Gasteiger partial charge is 0.0193 e.